The molecule has 0 aliphatic rings. The molecule has 0 fully saturated rings. The van der Waals surface area contributed by atoms with Crippen LogP contribution in [0, 0.1) is 5.82 Å². The van der Waals surface area contributed by atoms with Gasteiger partial charge in [-0.2, -0.15) is 0 Å². The topological polar surface area (TPSA) is 102 Å². The summed E-state index contributed by atoms with van der Waals surface area (Å²) < 4.78 is 15.2. The fraction of sp³-hybridized carbons (Fsp3) is 0.267. The van der Waals surface area contributed by atoms with E-state index in [4.69, 9.17) is 16.7 Å². The van der Waals surface area contributed by atoms with Crippen molar-refractivity contribution in [2.45, 2.75) is 19.5 Å². The molecule has 0 aliphatic heterocycles. The molecule has 128 valence electrons. The largest absolute Gasteiger partial charge is 0.480 e. The Morgan fingerprint density at radius 2 is 2.00 bits per heavy atom. The fourth-order valence-electron chi connectivity index (χ4n) is 2.25. The van der Waals surface area contributed by atoms with Crippen LogP contribution in [0.3, 0.4) is 0 Å². The molecule has 0 spiro atoms. The number of benzene rings is 1. The number of hydrogen-bond acceptors (Lipinski definition) is 4. The number of aliphatic carboxylic acids is 1. The zero-order chi connectivity index (χ0) is 18.0. The number of halogens is 2. The Kier molecular flexibility index (Phi) is 5.20. The van der Waals surface area contributed by atoms with E-state index in [0.717, 1.165) is 21.4 Å². The third-order valence-corrected chi connectivity index (χ3v) is 3.82. The summed E-state index contributed by atoms with van der Waals surface area (Å²) in [5.74, 6) is -2.05. The summed E-state index contributed by atoms with van der Waals surface area (Å²) in [7, 11) is 0. The molecule has 0 radical (unpaired) electrons. The van der Waals surface area contributed by atoms with Crippen molar-refractivity contribution >= 4 is 17.6 Å². The maximum Gasteiger partial charge on any atom is 0.331 e. The quantitative estimate of drug-likeness (QED) is 0.835. The Bertz CT molecular complexity index is 906. The van der Waals surface area contributed by atoms with Gasteiger partial charge in [0.15, 0.2) is 0 Å². The summed E-state index contributed by atoms with van der Waals surface area (Å²) in [5, 5.41) is 17.9. The van der Waals surface area contributed by atoms with Gasteiger partial charge in [0, 0.05) is 11.8 Å². The zero-order valence-corrected chi connectivity index (χ0v) is 13.3. The second kappa shape index (κ2) is 6.98. The Hall–Kier alpha value is -2.45. The van der Waals surface area contributed by atoms with Gasteiger partial charge in [-0.15, -0.1) is 0 Å². The van der Waals surface area contributed by atoms with E-state index in [2.05, 4.69) is 0 Å². The molecule has 2 aromatic rings. The lowest BCUT2D eigenvalue weighted by Crippen LogP contribution is -2.43. The van der Waals surface area contributed by atoms with E-state index in [1.165, 1.54) is 19.1 Å². The Balaban J connectivity index is 2.85. The molecule has 1 aromatic heterocycles. The summed E-state index contributed by atoms with van der Waals surface area (Å²) in [6.45, 7) is 0.213. The molecule has 0 bridgehead atoms. The van der Waals surface area contributed by atoms with Crippen LogP contribution in [0.15, 0.2) is 34.0 Å². The van der Waals surface area contributed by atoms with Crippen LogP contribution >= 0.6 is 11.6 Å². The van der Waals surface area contributed by atoms with Gasteiger partial charge >= 0.3 is 11.7 Å². The van der Waals surface area contributed by atoms with Crippen LogP contribution in [-0.2, 0) is 11.3 Å². The minimum atomic E-state index is -1.30. The van der Waals surface area contributed by atoms with E-state index in [9.17, 15) is 23.9 Å². The third kappa shape index (κ3) is 3.24. The van der Waals surface area contributed by atoms with Gasteiger partial charge in [-0.1, -0.05) is 23.7 Å². The summed E-state index contributed by atoms with van der Waals surface area (Å²) in [6.07, 6.45) is 1.03. The molecule has 1 atom stereocenters. The zero-order valence-electron chi connectivity index (χ0n) is 12.6. The van der Waals surface area contributed by atoms with Crippen LogP contribution < -0.4 is 11.2 Å². The van der Waals surface area contributed by atoms with Crippen LogP contribution in [0.1, 0.15) is 13.0 Å². The molecule has 1 heterocycles. The average molecular weight is 357 g/mol. The van der Waals surface area contributed by atoms with Crippen molar-refractivity contribution in [3.63, 3.8) is 0 Å². The molecule has 0 saturated carbocycles. The van der Waals surface area contributed by atoms with Crippen molar-refractivity contribution in [3.8, 4) is 11.1 Å². The molecular formula is C15H14ClFN2O5. The van der Waals surface area contributed by atoms with E-state index in [-0.39, 0.29) is 16.1 Å². The first-order valence-electron chi connectivity index (χ1n) is 6.91. The minimum Gasteiger partial charge on any atom is -0.480 e. The molecule has 7 nitrogen and oxygen atoms in total. The van der Waals surface area contributed by atoms with Crippen LogP contribution in [0.25, 0.3) is 11.1 Å². The normalized spacial score (nSPS) is 12.2. The predicted molar refractivity (Wildman–Crippen MR) is 84.8 cm³/mol. The smallest absolute Gasteiger partial charge is 0.331 e. The SMILES string of the molecule is C[C@@H](CO)n1c(=O)c(-c2cccc(F)c2Cl)cn(CC(=O)O)c1=O. The highest BCUT2D eigenvalue weighted by atomic mass is 35.5. The average Bonchev–Trinajstić information content (AvgIpc) is 2.52. The molecule has 0 saturated heterocycles. The van der Waals surface area contributed by atoms with Crippen LogP contribution in [0.5, 0.6) is 0 Å². The summed E-state index contributed by atoms with van der Waals surface area (Å²) in [5.41, 5.74) is -1.80. The van der Waals surface area contributed by atoms with E-state index >= 15 is 0 Å². The van der Waals surface area contributed by atoms with Gasteiger partial charge in [0.2, 0.25) is 0 Å². The molecule has 9 heteroatoms. The maximum absolute atomic E-state index is 13.7. The minimum absolute atomic E-state index is 0.0275. The number of hydrogen-bond donors (Lipinski definition) is 2. The van der Waals surface area contributed by atoms with Crippen molar-refractivity contribution in [2.75, 3.05) is 6.61 Å². The molecule has 0 unspecified atom stereocenters. The van der Waals surface area contributed by atoms with Crippen molar-refractivity contribution in [1.82, 2.24) is 9.13 Å². The van der Waals surface area contributed by atoms with Gasteiger partial charge in [0.25, 0.3) is 5.56 Å². The molecule has 0 amide bonds. The van der Waals surface area contributed by atoms with E-state index in [1.54, 1.807) is 0 Å². The van der Waals surface area contributed by atoms with Crippen LogP contribution in [0.4, 0.5) is 4.39 Å². The number of carbonyl (C=O) groups is 1. The van der Waals surface area contributed by atoms with E-state index < -0.39 is 42.2 Å². The number of carboxylic acids is 1. The molecule has 2 N–H and O–H groups in total. The lowest BCUT2D eigenvalue weighted by atomic mass is 10.1. The van der Waals surface area contributed by atoms with Gasteiger partial charge in [-0.05, 0) is 13.0 Å². The van der Waals surface area contributed by atoms with Crippen molar-refractivity contribution in [2.24, 2.45) is 0 Å². The first-order valence-corrected chi connectivity index (χ1v) is 7.28. The monoisotopic (exact) mass is 356 g/mol. The van der Waals surface area contributed by atoms with Crippen molar-refractivity contribution in [1.29, 1.82) is 0 Å². The number of aliphatic hydroxyl groups excluding tert-OH is 1. The number of aromatic nitrogens is 2. The Morgan fingerprint density at radius 1 is 1.33 bits per heavy atom. The summed E-state index contributed by atoms with van der Waals surface area (Å²) in [6, 6.07) is 2.93. The molecule has 1 aromatic carbocycles. The first kappa shape index (κ1) is 17.9. The third-order valence-electron chi connectivity index (χ3n) is 3.44. The highest BCUT2D eigenvalue weighted by Crippen LogP contribution is 2.27. The van der Waals surface area contributed by atoms with Crippen LogP contribution in [0.2, 0.25) is 5.02 Å². The van der Waals surface area contributed by atoms with Crippen LogP contribution in [-0.4, -0.2) is 31.9 Å². The van der Waals surface area contributed by atoms with Gasteiger partial charge in [0.1, 0.15) is 12.4 Å². The summed E-state index contributed by atoms with van der Waals surface area (Å²) in [4.78, 5) is 35.9. The van der Waals surface area contributed by atoms with Gasteiger partial charge in [-0.25, -0.2) is 9.18 Å². The second-order valence-electron chi connectivity index (χ2n) is 5.16. The fourth-order valence-corrected chi connectivity index (χ4v) is 2.47. The standard InChI is InChI=1S/C15H14ClFN2O5/c1-8(7-20)19-14(23)10(5-18(15(19)24)6-12(21)22)9-3-2-4-11(17)13(9)16/h2-5,8,20H,6-7H2,1H3,(H,21,22)/t8-/m0/s1. The van der Waals surface area contributed by atoms with Crippen molar-refractivity contribution in [3.05, 3.63) is 56.1 Å². The highest BCUT2D eigenvalue weighted by Gasteiger charge is 2.20. The predicted octanol–water partition coefficient (Wildman–Crippen LogP) is 1.11. The van der Waals surface area contributed by atoms with Gasteiger partial charge in [0.05, 0.1) is 23.2 Å². The first-order chi connectivity index (χ1) is 11.3. The molecule has 2 rings (SSSR count). The lowest BCUT2D eigenvalue weighted by molar-refractivity contribution is -0.137. The number of nitrogens with zero attached hydrogens (tertiary/aromatic N) is 2. The number of carboxylic acid groups (broad SMARTS) is 1. The number of rotatable bonds is 5. The number of aliphatic hydroxyl groups is 1. The maximum atomic E-state index is 13.7. The van der Waals surface area contributed by atoms with Crippen molar-refractivity contribution < 1.29 is 19.4 Å². The Labute approximate surface area is 140 Å². The molecular weight excluding hydrogens is 343 g/mol. The van der Waals surface area contributed by atoms with E-state index in [1.807, 2.05) is 0 Å². The van der Waals surface area contributed by atoms with Gasteiger partial charge in [-0.3, -0.25) is 18.7 Å². The molecule has 24 heavy (non-hydrogen) atoms. The Morgan fingerprint density at radius 3 is 2.58 bits per heavy atom. The van der Waals surface area contributed by atoms with Gasteiger partial charge < -0.3 is 10.2 Å². The molecule has 0 aliphatic carbocycles. The lowest BCUT2D eigenvalue weighted by Gasteiger charge is -2.16. The highest BCUT2D eigenvalue weighted by molar-refractivity contribution is 6.33. The van der Waals surface area contributed by atoms with E-state index in [0.29, 0.717) is 0 Å². The summed E-state index contributed by atoms with van der Waals surface area (Å²) >= 11 is 5.89. The second-order valence-corrected chi connectivity index (χ2v) is 5.53.